The van der Waals surface area contributed by atoms with Crippen LogP contribution in [0.25, 0.3) is 5.57 Å². The number of aliphatic imine (C=N–C) groups is 1. The Morgan fingerprint density at radius 2 is 1.93 bits per heavy atom. The van der Waals surface area contributed by atoms with Gasteiger partial charge in [0.25, 0.3) is 0 Å². The molecule has 3 rings (SSSR count). The lowest BCUT2D eigenvalue weighted by Crippen LogP contribution is -2.38. The minimum Gasteiger partial charge on any atom is -0.496 e. The van der Waals surface area contributed by atoms with E-state index in [1.165, 1.54) is 0 Å². The standard InChI is InChI=1S/C24H29N3O2/c1-3-26-22-14-16-27(18-21(22)19-9-5-4-6-10-19)24(28)13-15-25-17-20-11-7-8-12-23(20)29-2/h3-12,25H,13-18H2,1-2H3. The number of hydrogen-bond acceptors (Lipinski definition) is 4. The molecular weight excluding hydrogens is 362 g/mol. The van der Waals surface area contributed by atoms with Gasteiger partial charge in [-0.15, -0.1) is 0 Å². The third-order valence-corrected chi connectivity index (χ3v) is 5.10. The number of methoxy groups -OCH3 is 1. The number of benzene rings is 2. The van der Waals surface area contributed by atoms with Gasteiger partial charge in [-0.3, -0.25) is 9.79 Å². The zero-order chi connectivity index (χ0) is 20.5. The van der Waals surface area contributed by atoms with Crippen LogP contribution in [0.1, 0.15) is 30.9 Å². The Morgan fingerprint density at radius 1 is 1.17 bits per heavy atom. The monoisotopic (exact) mass is 391 g/mol. The Labute approximate surface area is 173 Å². The summed E-state index contributed by atoms with van der Waals surface area (Å²) in [6.07, 6.45) is 3.09. The normalized spacial score (nSPS) is 14.5. The minimum absolute atomic E-state index is 0.172. The van der Waals surface area contributed by atoms with Gasteiger partial charge in [-0.2, -0.15) is 0 Å². The Hall–Kier alpha value is -2.92. The lowest BCUT2D eigenvalue weighted by molar-refractivity contribution is -0.130. The molecule has 0 aromatic heterocycles. The third kappa shape index (κ3) is 5.55. The smallest absolute Gasteiger partial charge is 0.224 e. The van der Waals surface area contributed by atoms with Crippen LogP contribution in [0.2, 0.25) is 0 Å². The molecule has 1 amide bonds. The number of carbonyl (C=O) groups is 1. The SMILES string of the molecule is CC=NC1=C(c2ccccc2)CN(C(=O)CCNCc2ccccc2OC)CC1. The largest absolute Gasteiger partial charge is 0.496 e. The van der Waals surface area contributed by atoms with Crippen LogP contribution in [0.3, 0.4) is 0 Å². The second-order valence-electron chi connectivity index (χ2n) is 6.98. The van der Waals surface area contributed by atoms with E-state index in [9.17, 15) is 4.79 Å². The predicted octanol–water partition coefficient (Wildman–Crippen LogP) is 3.91. The zero-order valence-electron chi connectivity index (χ0n) is 17.2. The van der Waals surface area contributed by atoms with E-state index in [0.29, 0.717) is 32.6 Å². The number of rotatable bonds is 8. The Morgan fingerprint density at radius 3 is 2.69 bits per heavy atom. The third-order valence-electron chi connectivity index (χ3n) is 5.10. The highest BCUT2D eigenvalue weighted by Crippen LogP contribution is 2.27. The molecule has 1 aliphatic rings. The van der Waals surface area contributed by atoms with E-state index in [1.807, 2.05) is 60.5 Å². The van der Waals surface area contributed by atoms with Crippen molar-refractivity contribution >= 4 is 17.7 Å². The van der Waals surface area contributed by atoms with Gasteiger partial charge in [-0.25, -0.2) is 0 Å². The molecule has 0 atom stereocenters. The van der Waals surface area contributed by atoms with Crippen LogP contribution in [-0.4, -0.2) is 43.8 Å². The molecule has 2 aromatic rings. The van der Waals surface area contributed by atoms with Gasteiger partial charge in [0.15, 0.2) is 0 Å². The Balaban J connectivity index is 1.56. The maximum Gasteiger partial charge on any atom is 0.224 e. The van der Waals surface area contributed by atoms with Crippen LogP contribution in [0, 0.1) is 0 Å². The van der Waals surface area contributed by atoms with E-state index >= 15 is 0 Å². The topological polar surface area (TPSA) is 53.9 Å². The fourth-order valence-corrected chi connectivity index (χ4v) is 3.59. The van der Waals surface area contributed by atoms with Crippen molar-refractivity contribution in [2.45, 2.75) is 26.3 Å². The number of ether oxygens (including phenoxy) is 1. The van der Waals surface area contributed by atoms with Crippen molar-refractivity contribution in [1.82, 2.24) is 10.2 Å². The quantitative estimate of drug-likeness (QED) is 0.548. The fourth-order valence-electron chi connectivity index (χ4n) is 3.59. The van der Waals surface area contributed by atoms with E-state index < -0.39 is 0 Å². The van der Waals surface area contributed by atoms with Crippen molar-refractivity contribution in [2.75, 3.05) is 26.7 Å². The summed E-state index contributed by atoms with van der Waals surface area (Å²) in [5.74, 6) is 1.04. The highest BCUT2D eigenvalue weighted by Gasteiger charge is 2.23. The zero-order valence-corrected chi connectivity index (χ0v) is 17.2. The molecule has 0 saturated heterocycles. The molecule has 0 spiro atoms. The summed E-state index contributed by atoms with van der Waals surface area (Å²) in [4.78, 5) is 19.3. The molecule has 1 heterocycles. The summed E-state index contributed by atoms with van der Waals surface area (Å²) in [5.41, 5.74) is 4.46. The van der Waals surface area contributed by atoms with Gasteiger partial charge < -0.3 is 15.0 Å². The Kier molecular flexibility index (Phi) is 7.59. The van der Waals surface area contributed by atoms with E-state index in [1.54, 1.807) is 7.11 Å². The summed E-state index contributed by atoms with van der Waals surface area (Å²) >= 11 is 0. The molecule has 0 radical (unpaired) electrons. The van der Waals surface area contributed by atoms with E-state index in [-0.39, 0.29) is 5.91 Å². The summed E-state index contributed by atoms with van der Waals surface area (Å²) in [5, 5.41) is 3.36. The van der Waals surface area contributed by atoms with Crippen LogP contribution in [0.4, 0.5) is 0 Å². The van der Waals surface area contributed by atoms with Crippen molar-refractivity contribution in [3.63, 3.8) is 0 Å². The van der Waals surface area contributed by atoms with Crippen LogP contribution >= 0.6 is 0 Å². The summed E-state index contributed by atoms with van der Waals surface area (Å²) in [6, 6.07) is 18.2. The number of para-hydroxylation sites is 1. The molecule has 0 fully saturated rings. The fraction of sp³-hybridized carbons (Fsp3) is 0.333. The minimum atomic E-state index is 0.172. The lowest BCUT2D eigenvalue weighted by Gasteiger charge is -2.30. The van der Waals surface area contributed by atoms with Crippen molar-refractivity contribution in [1.29, 1.82) is 0 Å². The van der Waals surface area contributed by atoms with Crippen molar-refractivity contribution in [3.05, 3.63) is 71.4 Å². The summed E-state index contributed by atoms with van der Waals surface area (Å²) < 4.78 is 5.37. The van der Waals surface area contributed by atoms with E-state index in [0.717, 1.165) is 34.6 Å². The van der Waals surface area contributed by atoms with Crippen molar-refractivity contribution in [2.24, 2.45) is 4.99 Å². The van der Waals surface area contributed by atoms with Gasteiger partial charge in [0.2, 0.25) is 5.91 Å². The number of nitrogens with one attached hydrogen (secondary N) is 1. The second-order valence-corrected chi connectivity index (χ2v) is 6.98. The van der Waals surface area contributed by atoms with Crippen LogP contribution in [0.15, 0.2) is 65.3 Å². The molecule has 5 heteroatoms. The van der Waals surface area contributed by atoms with Crippen LogP contribution in [-0.2, 0) is 11.3 Å². The van der Waals surface area contributed by atoms with Crippen LogP contribution < -0.4 is 10.1 Å². The summed E-state index contributed by atoms with van der Waals surface area (Å²) in [6.45, 7) is 4.58. The maximum atomic E-state index is 12.8. The average molecular weight is 392 g/mol. The first kappa shape index (κ1) is 20.8. The number of hydrogen-bond donors (Lipinski definition) is 1. The lowest BCUT2D eigenvalue weighted by atomic mass is 9.98. The summed E-state index contributed by atoms with van der Waals surface area (Å²) in [7, 11) is 1.67. The van der Waals surface area contributed by atoms with Gasteiger partial charge in [0, 0.05) is 62.1 Å². The average Bonchev–Trinajstić information content (AvgIpc) is 2.78. The maximum absolute atomic E-state index is 12.8. The number of amides is 1. The molecular formula is C24H29N3O2. The van der Waals surface area contributed by atoms with Crippen molar-refractivity contribution in [3.8, 4) is 5.75 Å². The van der Waals surface area contributed by atoms with E-state index in [2.05, 4.69) is 22.4 Å². The first-order chi connectivity index (χ1) is 14.2. The van der Waals surface area contributed by atoms with Crippen LogP contribution in [0.5, 0.6) is 5.75 Å². The molecule has 29 heavy (non-hydrogen) atoms. The molecule has 1 aliphatic heterocycles. The number of carbonyl (C=O) groups excluding carboxylic acids is 1. The van der Waals surface area contributed by atoms with Gasteiger partial charge in [-0.1, -0.05) is 48.5 Å². The van der Waals surface area contributed by atoms with E-state index in [4.69, 9.17) is 4.74 Å². The predicted molar refractivity (Wildman–Crippen MR) is 118 cm³/mol. The first-order valence-corrected chi connectivity index (χ1v) is 10.1. The second kappa shape index (κ2) is 10.6. The van der Waals surface area contributed by atoms with Gasteiger partial charge in [0.1, 0.15) is 5.75 Å². The van der Waals surface area contributed by atoms with Gasteiger partial charge in [-0.05, 0) is 18.6 Å². The van der Waals surface area contributed by atoms with Gasteiger partial charge in [0.05, 0.1) is 7.11 Å². The highest BCUT2D eigenvalue weighted by molar-refractivity contribution is 5.81. The molecule has 152 valence electrons. The molecule has 1 N–H and O–H groups in total. The molecule has 0 saturated carbocycles. The molecule has 5 nitrogen and oxygen atoms in total. The first-order valence-electron chi connectivity index (χ1n) is 10.1. The molecule has 0 unspecified atom stereocenters. The number of nitrogens with zero attached hydrogens (tertiary/aromatic N) is 2. The highest BCUT2D eigenvalue weighted by atomic mass is 16.5. The van der Waals surface area contributed by atoms with Crippen molar-refractivity contribution < 1.29 is 9.53 Å². The Bertz CT molecular complexity index is 875. The molecule has 0 aliphatic carbocycles. The van der Waals surface area contributed by atoms with Gasteiger partial charge >= 0.3 is 0 Å². The molecule has 2 aromatic carbocycles. The molecule has 0 bridgehead atoms.